The third kappa shape index (κ3) is 4.41. The maximum absolute atomic E-state index is 14.0. The number of carbonyl (C=O) groups excluding carboxylic acids is 1. The SMILES string of the molecule is CC(C)(CNC(=O)CC1COCCN1)c1c(F)cccc1Cl. The summed E-state index contributed by atoms with van der Waals surface area (Å²) in [4.78, 5) is 12.0. The van der Waals surface area contributed by atoms with Crippen molar-refractivity contribution in [2.45, 2.75) is 31.7 Å². The molecule has 0 radical (unpaired) electrons. The number of ether oxygens (including phenoxy) is 1. The lowest BCUT2D eigenvalue weighted by Crippen LogP contribution is -2.45. The topological polar surface area (TPSA) is 50.4 Å². The summed E-state index contributed by atoms with van der Waals surface area (Å²) in [7, 11) is 0. The third-order valence-corrected chi connectivity index (χ3v) is 4.11. The minimum atomic E-state index is -0.589. The zero-order valence-corrected chi connectivity index (χ0v) is 13.7. The molecule has 2 rings (SSSR count). The van der Waals surface area contributed by atoms with Gasteiger partial charge in [-0.2, -0.15) is 0 Å². The highest BCUT2D eigenvalue weighted by molar-refractivity contribution is 6.31. The number of halogens is 2. The van der Waals surface area contributed by atoms with Gasteiger partial charge in [-0.25, -0.2) is 4.39 Å². The Morgan fingerprint density at radius 1 is 1.55 bits per heavy atom. The molecule has 0 spiro atoms. The molecule has 1 atom stereocenters. The highest BCUT2D eigenvalue weighted by Crippen LogP contribution is 2.31. The first-order valence-electron chi connectivity index (χ1n) is 7.42. The van der Waals surface area contributed by atoms with Crippen LogP contribution in [0.1, 0.15) is 25.8 Å². The van der Waals surface area contributed by atoms with Crippen molar-refractivity contribution in [3.63, 3.8) is 0 Å². The third-order valence-electron chi connectivity index (χ3n) is 3.80. The normalized spacial score (nSPS) is 19.0. The average Bonchev–Trinajstić information content (AvgIpc) is 2.46. The summed E-state index contributed by atoms with van der Waals surface area (Å²) in [5.41, 5.74) is -0.162. The van der Waals surface area contributed by atoms with E-state index in [1.54, 1.807) is 12.1 Å². The lowest BCUT2D eigenvalue weighted by Gasteiger charge is -2.28. The van der Waals surface area contributed by atoms with E-state index in [0.29, 0.717) is 36.8 Å². The van der Waals surface area contributed by atoms with Crippen LogP contribution in [0.5, 0.6) is 0 Å². The predicted octanol–water partition coefficient (Wildman–Crippen LogP) is 2.25. The van der Waals surface area contributed by atoms with E-state index >= 15 is 0 Å². The van der Waals surface area contributed by atoms with Gasteiger partial charge in [-0.15, -0.1) is 0 Å². The fourth-order valence-corrected chi connectivity index (χ4v) is 3.02. The van der Waals surface area contributed by atoms with Gasteiger partial charge in [0.25, 0.3) is 0 Å². The lowest BCUT2D eigenvalue weighted by molar-refractivity contribution is -0.122. The minimum Gasteiger partial charge on any atom is -0.378 e. The molecule has 1 amide bonds. The molecule has 0 saturated carbocycles. The van der Waals surface area contributed by atoms with Crippen LogP contribution in [0.3, 0.4) is 0 Å². The number of benzene rings is 1. The van der Waals surface area contributed by atoms with Crippen molar-refractivity contribution in [3.8, 4) is 0 Å². The van der Waals surface area contributed by atoms with E-state index in [1.807, 2.05) is 13.8 Å². The monoisotopic (exact) mass is 328 g/mol. The fourth-order valence-electron chi connectivity index (χ4n) is 2.60. The van der Waals surface area contributed by atoms with Crippen molar-refractivity contribution in [2.24, 2.45) is 0 Å². The standard InChI is InChI=1S/C16H22ClFN2O2/c1-16(2,15-12(17)4-3-5-13(15)18)10-20-14(21)8-11-9-22-7-6-19-11/h3-5,11,19H,6-10H2,1-2H3,(H,20,21). The molecule has 1 heterocycles. The van der Waals surface area contributed by atoms with Crippen LogP contribution in [-0.2, 0) is 14.9 Å². The molecule has 1 unspecified atom stereocenters. The molecular formula is C16H22ClFN2O2. The van der Waals surface area contributed by atoms with Gasteiger partial charge in [0.2, 0.25) is 5.91 Å². The van der Waals surface area contributed by atoms with Crippen molar-refractivity contribution < 1.29 is 13.9 Å². The highest BCUT2D eigenvalue weighted by Gasteiger charge is 2.28. The maximum Gasteiger partial charge on any atom is 0.221 e. The average molecular weight is 329 g/mol. The van der Waals surface area contributed by atoms with Crippen LogP contribution >= 0.6 is 11.6 Å². The van der Waals surface area contributed by atoms with E-state index in [2.05, 4.69) is 10.6 Å². The first-order valence-corrected chi connectivity index (χ1v) is 7.80. The van der Waals surface area contributed by atoms with Crippen molar-refractivity contribution in [3.05, 3.63) is 34.6 Å². The molecule has 6 heteroatoms. The quantitative estimate of drug-likeness (QED) is 0.871. The second-order valence-corrected chi connectivity index (χ2v) is 6.59. The number of hydrogen-bond donors (Lipinski definition) is 2. The van der Waals surface area contributed by atoms with Crippen LogP contribution in [0.4, 0.5) is 4.39 Å². The number of carbonyl (C=O) groups is 1. The molecule has 22 heavy (non-hydrogen) atoms. The first-order chi connectivity index (χ1) is 10.4. The first kappa shape index (κ1) is 17.2. The van der Waals surface area contributed by atoms with E-state index in [4.69, 9.17) is 16.3 Å². The zero-order chi connectivity index (χ0) is 16.2. The van der Waals surface area contributed by atoms with Gasteiger partial charge in [0, 0.05) is 41.6 Å². The summed E-state index contributed by atoms with van der Waals surface area (Å²) in [6.45, 7) is 6.01. The van der Waals surface area contributed by atoms with Crippen LogP contribution in [0, 0.1) is 5.82 Å². The molecule has 4 nitrogen and oxygen atoms in total. The molecule has 1 saturated heterocycles. The molecule has 1 aromatic rings. The summed E-state index contributed by atoms with van der Waals surface area (Å²) in [6, 6.07) is 4.65. The molecule has 2 N–H and O–H groups in total. The summed E-state index contributed by atoms with van der Waals surface area (Å²) in [5, 5.41) is 6.47. The smallest absolute Gasteiger partial charge is 0.221 e. The Bertz CT molecular complexity index is 511. The van der Waals surface area contributed by atoms with Crippen molar-refractivity contribution >= 4 is 17.5 Å². The van der Waals surface area contributed by atoms with Gasteiger partial charge < -0.3 is 15.4 Å². The van der Waals surface area contributed by atoms with Crippen LogP contribution in [0.25, 0.3) is 0 Å². The second-order valence-electron chi connectivity index (χ2n) is 6.19. The van der Waals surface area contributed by atoms with Gasteiger partial charge in [-0.05, 0) is 12.1 Å². The summed E-state index contributed by atoms with van der Waals surface area (Å²) < 4.78 is 19.3. The summed E-state index contributed by atoms with van der Waals surface area (Å²) in [5.74, 6) is -0.433. The van der Waals surface area contributed by atoms with Crippen LogP contribution < -0.4 is 10.6 Å². The Labute approximate surface area is 135 Å². The number of nitrogens with one attached hydrogen (secondary N) is 2. The van der Waals surface area contributed by atoms with Gasteiger partial charge in [0.1, 0.15) is 5.82 Å². The van der Waals surface area contributed by atoms with E-state index in [-0.39, 0.29) is 17.8 Å². The van der Waals surface area contributed by atoms with Crippen LogP contribution in [0.2, 0.25) is 5.02 Å². The molecule has 0 aliphatic carbocycles. The van der Waals surface area contributed by atoms with Crippen molar-refractivity contribution in [1.82, 2.24) is 10.6 Å². The van der Waals surface area contributed by atoms with Crippen molar-refractivity contribution in [1.29, 1.82) is 0 Å². The Kier molecular flexibility index (Phi) is 5.78. The molecule has 0 aromatic heterocycles. The van der Waals surface area contributed by atoms with Gasteiger partial charge >= 0.3 is 0 Å². The lowest BCUT2D eigenvalue weighted by atomic mass is 9.84. The van der Waals surface area contributed by atoms with Crippen molar-refractivity contribution in [2.75, 3.05) is 26.3 Å². The number of rotatable bonds is 5. The summed E-state index contributed by atoms with van der Waals surface area (Å²) in [6.07, 6.45) is 0.348. The van der Waals surface area contributed by atoms with E-state index in [9.17, 15) is 9.18 Å². The largest absolute Gasteiger partial charge is 0.378 e. The predicted molar refractivity (Wildman–Crippen MR) is 84.7 cm³/mol. The molecular weight excluding hydrogens is 307 g/mol. The maximum atomic E-state index is 14.0. The zero-order valence-electron chi connectivity index (χ0n) is 12.9. The summed E-state index contributed by atoms with van der Waals surface area (Å²) >= 11 is 6.11. The highest BCUT2D eigenvalue weighted by atomic mass is 35.5. The second kappa shape index (κ2) is 7.40. The Morgan fingerprint density at radius 3 is 2.95 bits per heavy atom. The van der Waals surface area contributed by atoms with Crippen LogP contribution in [-0.4, -0.2) is 38.3 Å². The molecule has 0 bridgehead atoms. The Balaban J connectivity index is 1.93. The van der Waals surface area contributed by atoms with E-state index < -0.39 is 5.41 Å². The Hall–Kier alpha value is -1.17. The molecule has 1 fully saturated rings. The Morgan fingerprint density at radius 2 is 2.32 bits per heavy atom. The number of hydrogen-bond acceptors (Lipinski definition) is 3. The van der Waals surface area contributed by atoms with E-state index in [0.717, 1.165) is 6.54 Å². The molecule has 122 valence electrons. The molecule has 1 aliphatic rings. The van der Waals surface area contributed by atoms with Gasteiger partial charge in [-0.3, -0.25) is 4.79 Å². The fraction of sp³-hybridized carbons (Fsp3) is 0.562. The van der Waals surface area contributed by atoms with Crippen LogP contribution in [0.15, 0.2) is 18.2 Å². The minimum absolute atomic E-state index is 0.0360. The molecule has 1 aliphatic heterocycles. The van der Waals surface area contributed by atoms with E-state index in [1.165, 1.54) is 6.07 Å². The van der Waals surface area contributed by atoms with Gasteiger partial charge in [0.05, 0.1) is 13.2 Å². The molecule has 1 aromatic carbocycles. The number of amides is 1. The number of morpholine rings is 1. The van der Waals surface area contributed by atoms with Gasteiger partial charge in [-0.1, -0.05) is 31.5 Å². The van der Waals surface area contributed by atoms with Gasteiger partial charge in [0.15, 0.2) is 0 Å².